The zero-order chi connectivity index (χ0) is 17.2. The fourth-order valence-corrected chi connectivity index (χ4v) is 2.00. The lowest BCUT2D eigenvalue weighted by Gasteiger charge is -2.12. The smallest absolute Gasteiger partial charge is 0.451 e. The van der Waals surface area contributed by atoms with Crippen molar-refractivity contribution in [3.63, 3.8) is 0 Å². The molecule has 0 saturated heterocycles. The number of carbonyl (C=O) groups is 1. The summed E-state index contributed by atoms with van der Waals surface area (Å²) in [5.74, 6) is -0.728. The average molecular weight is 347 g/mol. The number of methoxy groups -OCH3 is 2. The van der Waals surface area contributed by atoms with Crippen molar-refractivity contribution >= 4 is 16.8 Å². The highest BCUT2D eigenvalue weighted by molar-refractivity contribution is 6.68. The predicted molar refractivity (Wildman–Crippen MR) is 75.8 cm³/mol. The number of benzene rings is 1. The molecule has 122 valence electrons. The van der Waals surface area contributed by atoms with Crippen LogP contribution in [0.5, 0.6) is 11.5 Å². The minimum absolute atomic E-state index is 0.208. The molecule has 0 atom stereocenters. The van der Waals surface area contributed by atoms with Gasteiger partial charge in [0.2, 0.25) is 5.82 Å². The van der Waals surface area contributed by atoms with Crippen molar-refractivity contribution in [3.05, 3.63) is 35.8 Å². The number of hydrogen-bond donors (Lipinski definition) is 0. The van der Waals surface area contributed by atoms with Crippen molar-refractivity contribution in [1.29, 1.82) is 0 Å². The number of ether oxygens (including phenoxy) is 2. The van der Waals surface area contributed by atoms with Crippen LogP contribution in [0.3, 0.4) is 0 Å². The second-order valence-electron chi connectivity index (χ2n) is 4.30. The highest BCUT2D eigenvalue weighted by atomic mass is 35.5. The second-order valence-corrected chi connectivity index (χ2v) is 4.64. The summed E-state index contributed by atoms with van der Waals surface area (Å²) in [6.07, 6.45) is -4.00. The summed E-state index contributed by atoms with van der Waals surface area (Å²) in [5, 5.41) is -0.969. The van der Waals surface area contributed by atoms with Crippen LogP contribution in [0.4, 0.5) is 13.2 Å². The van der Waals surface area contributed by atoms with Gasteiger partial charge in [-0.3, -0.25) is 4.79 Å². The van der Waals surface area contributed by atoms with E-state index in [1.54, 1.807) is 0 Å². The Morgan fingerprint density at radius 3 is 2.35 bits per heavy atom. The number of carbonyl (C=O) groups excluding carboxylic acids is 1. The Kier molecular flexibility index (Phi) is 4.74. The molecule has 0 aliphatic carbocycles. The van der Waals surface area contributed by atoms with E-state index in [0.29, 0.717) is 5.75 Å². The Morgan fingerprint density at radius 2 is 1.83 bits per heavy atom. The first-order chi connectivity index (χ1) is 10.8. The molecule has 0 N–H and O–H groups in total. The number of hydrogen-bond acceptors (Lipinski definition) is 5. The molecule has 2 aromatic rings. The molecule has 1 heterocycles. The first-order valence-electron chi connectivity index (χ1n) is 6.14. The molecule has 0 fully saturated rings. The molecule has 1 aromatic heterocycles. The molecule has 0 radical (unpaired) electrons. The Balaban J connectivity index is 2.67. The van der Waals surface area contributed by atoms with Crippen molar-refractivity contribution in [1.82, 2.24) is 9.97 Å². The van der Waals surface area contributed by atoms with E-state index in [4.69, 9.17) is 21.1 Å². The molecule has 0 saturated carbocycles. The van der Waals surface area contributed by atoms with Crippen molar-refractivity contribution in [2.75, 3.05) is 14.2 Å². The van der Waals surface area contributed by atoms with E-state index < -0.39 is 17.2 Å². The van der Waals surface area contributed by atoms with Gasteiger partial charge in [0.25, 0.3) is 5.24 Å². The lowest BCUT2D eigenvalue weighted by Crippen LogP contribution is -2.13. The summed E-state index contributed by atoms with van der Waals surface area (Å²) in [6.45, 7) is 0. The summed E-state index contributed by atoms with van der Waals surface area (Å²) < 4.78 is 48.5. The molecule has 0 amide bonds. The van der Waals surface area contributed by atoms with Crippen LogP contribution >= 0.6 is 11.6 Å². The Bertz CT molecular complexity index is 751. The van der Waals surface area contributed by atoms with E-state index in [1.807, 2.05) is 0 Å². The van der Waals surface area contributed by atoms with Crippen LogP contribution in [-0.2, 0) is 6.18 Å². The molecule has 5 nitrogen and oxygen atoms in total. The second kappa shape index (κ2) is 6.41. The third kappa shape index (κ3) is 3.53. The first kappa shape index (κ1) is 17.0. The molecule has 1 aromatic carbocycles. The molecule has 2 rings (SSSR count). The normalized spacial score (nSPS) is 11.2. The summed E-state index contributed by atoms with van der Waals surface area (Å²) in [6, 6.07) is 4.31. The Hall–Kier alpha value is -2.35. The number of alkyl halides is 3. The molecule has 0 aliphatic heterocycles. The fourth-order valence-electron chi connectivity index (χ4n) is 1.87. The van der Waals surface area contributed by atoms with Crippen LogP contribution in [0.15, 0.2) is 24.4 Å². The monoisotopic (exact) mass is 346 g/mol. The van der Waals surface area contributed by atoms with Crippen LogP contribution in [-0.4, -0.2) is 29.4 Å². The van der Waals surface area contributed by atoms with Gasteiger partial charge in [0, 0.05) is 11.8 Å². The van der Waals surface area contributed by atoms with Crippen LogP contribution < -0.4 is 9.47 Å². The number of nitrogens with zero attached hydrogens (tertiary/aromatic N) is 2. The topological polar surface area (TPSA) is 61.3 Å². The van der Waals surface area contributed by atoms with E-state index in [2.05, 4.69) is 9.97 Å². The maximum Gasteiger partial charge on any atom is 0.451 e. The summed E-state index contributed by atoms with van der Waals surface area (Å²) in [7, 11) is 2.79. The molecule has 0 spiro atoms. The maximum absolute atomic E-state index is 12.8. The molecule has 9 heteroatoms. The number of rotatable bonds is 4. The van der Waals surface area contributed by atoms with Crippen LogP contribution in [0.2, 0.25) is 0 Å². The first-order valence-corrected chi connectivity index (χ1v) is 6.52. The van der Waals surface area contributed by atoms with E-state index in [1.165, 1.54) is 32.4 Å². The van der Waals surface area contributed by atoms with Crippen LogP contribution in [0.1, 0.15) is 16.2 Å². The number of halogens is 4. The molecule has 0 aliphatic rings. The highest BCUT2D eigenvalue weighted by Gasteiger charge is 2.35. The van der Waals surface area contributed by atoms with E-state index >= 15 is 0 Å². The summed E-state index contributed by atoms with van der Waals surface area (Å²) in [5.41, 5.74) is -0.278. The lowest BCUT2D eigenvalue weighted by molar-refractivity contribution is -0.144. The molecular weight excluding hydrogens is 337 g/mol. The minimum atomic E-state index is -4.75. The van der Waals surface area contributed by atoms with Gasteiger partial charge in [0.05, 0.1) is 25.5 Å². The Morgan fingerprint density at radius 1 is 1.17 bits per heavy atom. The largest absolute Gasteiger partial charge is 0.493 e. The van der Waals surface area contributed by atoms with Crippen LogP contribution in [0.25, 0.3) is 11.3 Å². The van der Waals surface area contributed by atoms with Gasteiger partial charge < -0.3 is 9.47 Å². The van der Waals surface area contributed by atoms with Gasteiger partial charge in [-0.15, -0.1) is 0 Å². The van der Waals surface area contributed by atoms with Crippen molar-refractivity contribution in [3.8, 4) is 22.8 Å². The number of aromatic nitrogens is 2. The third-order valence-electron chi connectivity index (χ3n) is 2.91. The SMILES string of the molecule is COc1ccc(-c2nc(C(F)(F)F)ncc2C(=O)Cl)cc1OC. The third-order valence-corrected chi connectivity index (χ3v) is 3.11. The van der Waals surface area contributed by atoms with Crippen molar-refractivity contribution < 1.29 is 27.4 Å². The Labute approximate surface area is 134 Å². The van der Waals surface area contributed by atoms with Gasteiger partial charge in [0.1, 0.15) is 0 Å². The molecule has 0 bridgehead atoms. The van der Waals surface area contributed by atoms with Gasteiger partial charge in [-0.2, -0.15) is 13.2 Å². The van der Waals surface area contributed by atoms with Gasteiger partial charge in [-0.25, -0.2) is 9.97 Å². The standard InChI is InChI=1S/C14H10ClF3N2O3/c1-22-9-4-3-7(5-10(9)23-2)11-8(12(15)21)6-19-13(20-11)14(16,17)18/h3-6H,1-2H3. The minimum Gasteiger partial charge on any atom is -0.493 e. The zero-order valence-corrected chi connectivity index (χ0v) is 12.7. The molecule has 0 unspecified atom stereocenters. The van der Waals surface area contributed by atoms with E-state index in [-0.39, 0.29) is 22.6 Å². The van der Waals surface area contributed by atoms with Gasteiger partial charge in [-0.05, 0) is 29.8 Å². The average Bonchev–Trinajstić information content (AvgIpc) is 2.52. The fraction of sp³-hybridized carbons (Fsp3) is 0.214. The zero-order valence-electron chi connectivity index (χ0n) is 11.9. The van der Waals surface area contributed by atoms with Gasteiger partial charge in [0.15, 0.2) is 11.5 Å². The van der Waals surface area contributed by atoms with E-state index in [9.17, 15) is 18.0 Å². The predicted octanol–water partition coefficient (Wildman–Crippen LogP) is 3.56. The van der Waals surface area contributed by atoms with Crippen molar-refractivity contribution in [2.24, 2.45) is 0 Å². The van der Waals surface area contributed by atoms with E-state index in [0.717, 1.165) is 6.20 Å². The summed E-state index contributed by atoms with van der Waals surface area (Å²) >= 11 is 5.40. The van der Waals surface area contributed by atoms with Gasteiger partial charge in [-0.1, -0.05) is 0 Å². The maximum atomic E-state index is 12.8. The van der Waals surface area contributed by atoms with Crippen molar-refractivity contribution in [2.45, 2.75) is 6.18 Å². The van der Waals surface area contributed by atoms with Gasteiger partial charge >= 0.3 is 6.18 Å². The lowest BCUT2D eigenvalue weighted by atomic mass is 10.1. The summed E-state index contributed by atoms with van der Waals surface area (Å²) in [4.78, 5) is 18.0. The molecular formula is C14H10ClF3N2O3. The quantitative estimate of drug-likeness (QED) is 0.792. The van der Waals surface area contributed by atoms with Crippen LogP contribution in [0, 0.1) is 0 Å². The molecule has 23 heavy (non-hydrogen) atoms. The highest BCUT2D eigenvalue weighted by Crippen LogP contribution is 2.34.